The lowest BCUT2D eigenvalue weighted by molar-refractivity contribution is -0.145. The van der Waals surface area contributed by atoms with Gasteiger partial charge in [0.15, 0.2) is 0 Å². The van der Waals surface area contributed by atoms with E-state index in [-0.39, 0.29) is 0 Å². The van der Waals surface area contributed by atoms with Gasteiger partial charge in [0.2, 0.25) is 0 Å². The van der Waals surface area contributed by atoms with Gasteiger partial charge in [0, 0.05) is 18.1 Å². The standard InChI is InChI=1S/C9H19NO2S/c1-9(2,8(11)12)7-13-6-5-10(3)4/h5-7H2,1-4H3,(H,11,12). The van der Waals surface area contributed by atoms with Crippen molar-refractivity contribution in [3.8, 4) is 0 Å². The predicted octanol–water partition coefficient (Wildman–Crippen LogP) is 1.39. The highest BCUT2D eigenvalue weighted by molar-refractivity contribution is 7.99. The van der Waals surface area contributed by atoms with E-state index in [2.05, 4.69) is 4.90 Å². The van der Waals surface area contributed by atoms with Crippen LogP contribution in [0, 0.1) is 5.41 Å². The number of nitrogens with zero attached hydrogens (tertiary/aromatic N) is 1. The topological polar surface area (TPSA) is 40.5 Å². The van der Waals surface area contributed by atoms with Crippen molar-refractivity contribution in [2.45, 2.75) is 13.8 Å². The van der Waals surface area contributed by atoms with Gasteiger partial charge in [-0.2, -0.15) is 11.8 Å². The number of carboxylic acid groups (broad SMARTS) is 1. The molecule has 4 heteroatoms. The Morgan fingerprint density at radius 2 is 2.00 bits per heavy atom. The normalized spacial score (nSPS) is 12.1. The lowest BCUT2D eigenvalue weighted by Crippen LogP contribution is -2.27. The summed E-state index contributed by atoms with van der Waals surface area (Å²) in [6.45, 7) is 4.52. The molecule has 1 N–H and O–H groups in total. The fourth-order valence-corrected chi connectivity index (χ4v) is 1.91. The molecule has 0 radical (unpaired) electrons. The van der Waals surface area contributed by atoms with Gasteiger partial charge in [-0.05, 0) is 27.9 Å². The number of aliphatic carboxylic acids is 1. The summed E-state index contributed by atoms with van der Waals surface area (Å²) in [5, 5.41) is 8.83. The van der Waals surface area contributed by atoms with Crippen LogP contribution in [0.25, 0.3) is 0 Å². The maximum atomic E-state index is 10.7. The Kier molecular flexibility index (Phi) is 5.40. The van der Waals surface area contributed by atoms with Crippen LogP contribution in [0.3, 0.4) is 0 Å². The molecule has 0 heterocycles. The Bertz CT molecular complexity index is 169. The highest BCUT2D eigenvalue weighted by Gasteiger charge is 2.26. The first-order valence-corrected chi connectivity index (χ1v) is 5.47. The number of hydrogen-bond acceptors (Lipinski definition) is 3. The summed E-state index contributed by atoms with van der Waals surface area (Å²) < 4.78 is 0. The maximum Gasteiger partial charge on any atom is 0.309 e. The Morgan fingerprint density at radius 3 is 2.38 bits per heavy atom. The van der Waals surface area contributed by atoms with E-state index in [4.69, 9.17) is 5.11 Å². The van der Waals surface area contributed by atoms with E-state index in [9.17, 15) is 4.79 Å². The number of carbonyl (C=O) groups is 1. The van der Waals surface area contributed by atoms with E-state index < -0.39 is 11.4 Å². The van der Waals surface area contributed by atoms with E-state index in [1.54, 1.807) is 25.6 Å². The van der Waals surface area contributed by atoms with Crippen molar-refractivity contribution in [1.82, 2.24) is 4.90 Å². The molecular formula is C9H19NO2S. The highest BCUT2D eigenvalue weighted by Crippen LogP contribution is 2.21. The fraction of sp³-hybridized carbons (Fsp3) is 0.889. The molecule has 0 saturated carbocycles. The van der Waals surface area contributed by atoms with Gasteiger partial charge in [-0.1, -0.05) is 0 Å². The molecule has 0 fully saturated rings. The molecule has 3 nitrogen and oxygen atoms in total. The Labute approximate surface area is 84.5 Å². The average molecular weight is 205 g/mol. The Balaban J connectivity index is 3.58. The van der Waals surface area contributed by atoms with E-state index in [0.29, 0.717) is 5.75 Å². The van der Waals surface area contributed by atoms with Crippen LogP contribution >= 0.6 is 11.8 Å². The lowest BCUT2D eigenvalue weighted by Gasteiger charge is -2.18. The number of hydrogen-bond donors (Lipinski definition) is 1. The molecule has 0 aliphatic carbocycles. The van der Waals surface area contributed by atoms with Gasteiger partial charge in [0.05, 0.1) is 5.41 Å². The van der Waals surface area contributed by atoms with E-state index in [0.717, 1.165) is 12.3 Å². The van der Waals surface area contributed by atoms with Gasteiger partial charge in [-0.25, -0.2) is 0 Å². The van der Waals surface area contributed by atoms with E-state index >= 15 is 0 Å². The first-order valence-electron chi connectivity index (χ1n) is 4.32. The first kappa shape index (κ1) is 12.8. The van der Waals surface area contributed by atoms with Crippen molar-refractivity contribution >= 4 is 17.7 Å². The SMILES string of the molecule is CN(C)CCSCC(C)(C)C(=O)O. The summed E-state index contributed by atoms with van der Waals surface area (Å²) in [7, 11) is 4.03. The maximum absolute atomic E-state index is 10.7. The summed E-state index contributed by atoms with van der Waals surface area (Å²) >= 11 is 1.69. The fourth-order valence-electron chi connectivity index (χ4n) is 0.636. The molecule has 0 rings (SSSR count). The first-order chi connectivity index (χ1) is 5.86. The molecule has 0 aliphatic heterocycles. The zero-order valence-electron chi connectivity index (χ0n) is 8.83. The van der Waals surface area contributed by atoms with Crippen molar-refractivity contribution in [1.29, 1.82) is 0 Å². The second kappa shape index (κ2) is 5.50. The third-order valence-electron chi connectivity index (χ3n) is 1.72. The molecule has 0 aromatic heterocycles. The van der Waals surface area contributed by atoms with Gasteiger partial charge >= 0.3 is 5.97 Å². The second-order valence-corrected chi connectivity index (χ2v) is 5.15. The molecule has 0 saturated heterocycles. The minimum atomic E-state index is -0.718. The summed E-state index contributed by atoms with van der Waals surface area (Å²) in [5.41, 5.74) is -0.600. The van der Waals surface area contributed by atoms with Gasteiger partial charge in [-0.15, -0.1) is 0 Å². The van der Waals surface area contributed by atoms with Crippen LogP contribution in [0.4, 0.5) is 0 Å². The minimum absolute atomic E-state index is 0.600. The molecule has 0 bridgehead atoms. The molecule has 78 valence electrons. The van der Waals surface area contributed by atoms with Crippen LogP contribution in [0.1, 0.15) is 13.8 Å². The molecule has 0 unspecified atom stereocenters. The molecule has 0 aromatic carbocycles. The highest BCUT2D eigenvalue weighted by atomic mass is 32.2. The lowest BCUT2D eigenvalue weighted by atomic mass is 9.97. The van der Waals surface area contributed by atoms with Gasteiger partial charge in [0.1, 0.15) is 0 Å². The van der Waals surface area contributed by atoms with E-state index in [1.165, 1.54) is 0 Å². The van der Waals surface area contributed by atoms with Crippen LogP contribution in [-0.2, 0) is 4.79 Å². The number of thioether (sulfide) groups is 1. The molecular weight excluding hydrogens is 186 g/mol. The van der Waals surface area contributed by atoms with Crippen molar-refractivity contribution in [2.24, 2.45) is 5.41 Å². The molecule has 0 amide bonds. The van der Waals surface area contributed by atoms with Crippen LogP contribution in [0.15, 0.2) is 0 Å². The zero-order chi connectivity index (χ0) is 10.5. The van der Waals surface area contributed by atoms with Gasteiger partial charge in [0.25, 0.3) is 0 Å². The third-order valence-corrected chi connectivity index (χ3v) is 3.12. The third kappa shape index (κ3) is 5.93. The number of carboxylic acids is 1. The Morgan fingerprint density at radius 1 is 1.46 bits per heavy atom. The molecule has 0 aliphatic rings. The van der Waals surface area contributed by atoms with Crippen molar-refractivity contribution in [3.05, 3.63) is 0 Å². The van der Waals surface area contributed by atoms with E-state index in [1.807, 2.05) is 14.1 Å². The minimum Gasteiger partial charge on any atom is -0.481 e. The van der Waals surface area contributed by atoms with Crippen LogP contribution < -0.4 is 0 Å². The van der Waals surface area contributed by atoms with Crippen LogP contribution in [0.5, 0.6) is 0 Å². The van der Waals surface area contributed by atoms with Gasteiger partial charge < -0.3 is 10.0 Å². The smallest absolute Gasteiger partial charge is 0.309 e. The average Bonchev–Trinajstić information content (AvgIpc) is 1.97. The predicted molar refractivity (Wildman–Crippen MR) is 57.3 cm³/mol. The van der Waals surface area contributed by atoms with Crippen LogP contribution in [-0.4, -0.2) is 48.1 Å². The molecule has 0 spiro atoms. The van der Waals surface area contributed by atoms with Gasteiger partial charge in [-0.3, -0.25) is 4.79 Å². The van der Waals surface area contributed by atoms with Crippen molar-refractivity contribution in [3.63, 3.8) is 0 Å². The van der Waals surface area contributed by atoms with Crippen molar-refractivity contribution in [2.75, 3.05) is 32.1 Å². The number of rotatable bonds is 6. The molecule has 13 heavy (non-hydrogen) atoms. The molecule has 0 atom stereocenters. The second-order valence-electron chi connectivity index (χ2n) is 4.04. The summed E-state index contributed by atoms with van der Waals surface area (Å²) in [6.07, 6.45) is 0. The zero-order valence-corrected chi connectivity index (χ0v) is 9.65. The molecule has 0 aromatic rings. The Hall–Kier alpha value is -0.220. The van der Waals surface area contributed by atoms with Crippen molar-refractivity contribution < 1.29 is 9.90 Å². The summed E-state index contributed by atoms with van der Waals surface area (Å²) in [5.74, 6) is 0.949. The summed E-state index contributed by atoms with van der Waals surface area (Å²) in [4.78, 5) is 12.8. The largest absolute Gasteiger partial charge is 0.481 e. The quantitative estimate of drug-likeness (QED) is 0.665. The monoisotopic (exact) mass is 205 g/mol. The summed E-state index contributed by atoms with van der Waals surface area (Å²) in [6, 6.07) is 0. The van der Waals surface area contributed by atoms with Crippen LogP contribution in [0.2, 0.25) is 0 Å².